The summed E-state index contributed by atoms with van der Waals surface area (Å²) in [5.41, 5.74) is 7.65. The molecule has 4 aromatic carbocycles. The number of carbonyl (C=O) groups is 1. The Bertz CT molecular complexity index is 1860. The normalized spacial score (nSPS) is 11.3. The molecule has 0 unspecified atom stereocenters. The minimum Gasteiger partial charge on any atom is -0.465 e. The molecule has 0 radical (unpaired) electrons. The standard InChI is InChI=1S/C36H37N5O3/c1-43-24-10-22-40-32-18-17-28(35(42)44-2)25-31(32)38-34(40)29-15-9-16-30-33(29)41(23-20-27-13-7-4-8-14-27)36(39-30)37-21-19-26-11-5-3-6-12-26/h3-9,11-18,25H,10,19-24H2,1-2H3,(H,37,39). The van der Waals surface area contributed by atoms with Crippen LogP contribution in [-0.4, -0.2) is 52.4 Å². The van der Waals surface area contributed by atoms with Crippen molar-refractivity contribution in [1.82, 2.24) is 19.1 Å². The zero-order valence-corrected chi connectivity index (χ0v) is 25.2. The number of benzene rings is 4. The molecule has 2 aromatic heterocycles. The van der Waals surface area contributed by atoms with Crippen LogP contribution in [0.2, 0.25) is 0 Å². The number of anilines is 1. The minimum absolute atomic E-state index is 0.380. The van der Waals surface area contributed by atoms with E-state index in [9.17, 15) is 4.79 Å². The monoisotopic (exact) mass is 587 g/mol. The molecule has 1 N–H and O–H groups in total. The van der Waals surface area contributed by atoms with Gasteiger partial charge in [0, 0.05) is 38.9 Å². The smallest absolute Gasteiger partial charge is 0.337 e. The van der Waals surface area contributed by atoms with E-state index < -0.39 is 0 Å². The molecule has 0 fully saturated rings. The summed E-state index contributed by atoms with van der Waals surface area (Å²) in [6.45, 7) is 2.86. The predicted octanol–water partition coefficient (Wildman–Crippen LogP) is 6.77. The van der Waals surface area contributed by atoms with Crippen LogP contribution in [0.5, 0.6) is 0 Å². The molecule has 0 amide bonds. The van der Waals surface area contributed by atoms with Gasteiger partial charge in [-0.15, -0.1) is 0 Å². The van der Waals surface area contributed by atoms with Crippen LogP contribution < -0.4 is 5.32 Å². The summed E-state index contributed by atoms with van der Waals surface area (Å²) in [5, 5.41) is 3.63. The number of esters is 1. The molecule has 44 heavy (non-hydrogen) atoms. The van der Waals surface area contributed by atoms with Gasteiger partial charge in [-0.25, -0.2) is 14.8 Å². The van der Waals surface area contributed by atoms with Crippen molar-refractivity contribution >= 4 is 34.0 Å². The van der Waals surface area contributed by atoms with E-state index >= 15 is 0 Å². The summed E-state index contributed by atoms with van der Waals surface area (Å²) in [4.78, 5) is 22.5. The number of ether oxygens (including phenoxy) is 2. The van der Waals surface area contributed by atoms with Crippen molar-refractivity contribution < 1.29 is 14.3 Å². The molecule has 8 heteroatoms. The van der Waals surface area contributed by atoms with Gasteiger partial charge < -0.3 is 23.9 Å². The third-order valence-corrected chi connectivity index (χ3v) is 7.91. The first-order chi connectivity index (χ1) is 21.7. The number of aromatic nitrogens is 4. The predicted molar refractivity (Wildman–Crippen MR) is 175 cm³/mol. The average Bonchev–Trinajstić information content (AvgIpc) is 3.61. The first-order valence-electron chi connectivity index (χ1n) is 15.0. The molecule has 0 saturated heterocycles. The van der Waals surface area contributed by atoms with E-state index in [1.165, 1.54) is 18.2 Å². The molecular formula is C36H37N5O3. The van der Waals surface area contributed by atoms with E-state index in [0.717, 1.165) is 71.8 Å². The highest BCUT2D eigenvalue weighted by Crippen LogP contribution is 2.34. The Morgan fingerprint density at radius 2 is 1.52 bits per heavy atom. The van der Waals surface area contributed by atoms with Gasteiger partial charge in [0.2, 0.25) is 5.95 Å². The molecule has 0 spiro atoms. The Morgan fingerprint density at radius 3 is 2.25 bits per heavy atom. The maximum Gasteiger partial charge on any atom is 0.337 e. The van der Waals surface area contributed by atoms with Crippen LogP contribution in [-0.2, 0) is 35.4 Å². The fraction of sp³-hybridized carbons (Fsp3) is 0.250. The molecule has 2 heterocycles. The molecular weight excluding hydrogens is 550 g/mol. The van der Waals surface area contributed by atoms with Crippen molar-refractivity contribution in [2.24, 2.45) is 0 Å². The van der Waals surface area contributed by atoms with Crippen LogP contribution in [0.1, 0.15) is 27.9 Å². The van der Waals surface area contributed by atoms with E-state index in [4.69, 9.17) is 19.4 Å². The van der Waals surface area contributed by atoms with E-state index in [1.807, 2.05) is 24.3 Å². The average molecular weight is 588 g/mol. The number of aryl methyl sites for hydroxylation is 3. The number of para-hydroxylation sites is 1. The number of rotatable bonds is 13. The van der Waals surface area contributed by atoms with Gasteiger partial charge in [0.1, 0.15) is 5.82 Å². The molecule has 0 aliphatic heterocycles. The second kappa shape index (κ2) is 13.6. The molecule has 0 aliphatic rings. The van der Waals surface area contributed by atoms with Gasteiger partial charge in [0.15, 0.2) is 0 Å². The molecule has 0 atom stereocenters. The Morgan fingerprint density at radius 1 is 0.773 bits per heavy atom. The summed E-state index contributed by atoms with van der Waals surface area (Å²) >= 11 is 0. The topological polar surface area (TPSA) is 83.2 Å². The van der Waals surface area contributed by atoms with E-state index in [2.05, 4.69) is 75.1 Å². The van der Waals surface area contributed by atoms with Crippen LogP contribution in [0.3, 0.4) is 0 Å². The molecule has 224 valence electrons. The van der Waals surface area contributed by atoms with Crippen LogP contribution in [0, 0.1) is 0 Å². The third-order valence-electron chi connectivity index (χ3n) is 7.91. The van der Waals surface area contributed by atoms with Crippen LogP contribution >= 0.6 is 0 Å². The molecule has 0 saturated carbocycles. The molecule has 6 rings (SSSR count). The maximum absolute atomic E-state index is 12.3. The summed E-state index contributed by atoms with van der Waals surface area (Å²) in [7, 11) is 3.11. The van der Waals surface area contributed by atoms with Gasteiger partial charge in [-0.2, -0.15) is 0 Å². The van der Waals surface area contributed by atoms with Crippen LogP contribution in [0.15, 0.2) is 97.1 Å². The maximum atomic E-state index is 12.3. The lowest BCUT2D eigenvalue weighted by molar-refractivity contribution is 0.0601. The Kier molecular flexibility index (Phi) is 8.98. The zero-order valence-electron chi connectivity index (χ0n) is 25.2. The molecule has 0 aliphatic carbocycles. The quantitative estimate of drug-likeness (QED) is 0.119. The first kappa shape index (κ1) is 29.1. The lowest BCUT2D eigenvalue weighted by atomic mass is 10.1. The van der Waals surface area contributed by atoms with Gasteiger partial charge in [-0.1, -0.05) is 66.7 Å². The number of carbonyl (C=O) groups excluding carboxylic acids is 1. The second-order valence-electron chi connectivity index (χ2n) is 10.8. The largest absolute Gasteiger partial charge is 0.465 e. The zero-order chi connectivity index (χ0) is 30.3. The van der Waals surface area contributed by atoms with Crippen LogP contribution in [0.25, 0.3) is 33.5 Å². The second-order valence-corrected chi connectivity index (χ2v) is 10.8. The minimum atomic E-state index is -0.380. The number of imidazole rings is 2. The fourth-order valence-corrected chi connectivity index (χ4v) is 5.74. The van der Waals surface area contributed by atoms with Crippen molar-refractivity contribution in [3.8, 4) is 11.4 Å². The number of fused-ring (bicyclic) bond motifs is 2. The molecule has 6 aromatic rings. The van der Waals surface area contributed by atoms with Crippen molar-refractivity contribution in [3.63, 3.8) is 0 Å². The number of hydrogen-bond acceptors (Lipinski definition) is 6. The molecule has 8 nitrogen and oxygen atoms in total. The number of hydrogen-bond donors (Lipinski definition) is 1. The van der Waals surface area contributed by atoms with Gasteiger partial charge in [-0.05, 0) is 60.7 Å². The van der Waals surface area contributed by atoms with Gasteiger partial charge >= 0.3 is 5.97 Å². The SMILES string of the molecule is COCCCn1c(-c2cccc3nc(NCCc4ccccc4)n(CCc4ccccc4)c23)nc2cc(C(=O)OC)ccc21. The van der Waals surface area contributed by atoms with Crippen molar-refractivity contribution in [2.75, 3.05) is 32.7 Å². The highest BCUT2D eigenvalue weighted by Gasteiger charge is 2.21. The first-order valence-corrected chi connectivity index (χ1v) is 15.0. The van der Waals surface area contributed by atoms with Crippen molar-refractivity contribution in [1.29, 1.82) is 0 Å². The number of nitrogens with one attached hydrogen (secondary N) is 1. The number of methoxy groups -OCH3 is 2. The Labute approximate surface area is 257 Å². The highest BCUT2D eigenvalue weighted by molar-refractivity contribution is 5.97. The van der Waals surface area contributed by atoms with Gasteiger partial charge in [0.05, 0.1) is 34.7 Å². The lowest BCUT2D eigenvalue weighted by Gasteiger charge is -2.14. The number of nitrogens with zero attached hydrogens (tertiary/aromatic N) is 4. The van der Waals surface area contributed by atoms with Gasteiger partial charge in [0.25, 0.3) is 0 Å². The third kappa shape index (κ3) is 6.21. The van der Waals surface area contributed by atoms with E-state index in [0.29, 0.717) is 18.7 Å². The van der Waals surface area contributed by atoms with E-state index in [1.54, 1.807) is 19.2 Å². The van der Waals surface area contributed by atoms with Crippen molar-refractivity contribution in [3.05, 3.63) is 114 Å². The summed E-state index contributed by atoms with van der Waals surface area (Å²) in [6.07, 6.45) is 2.58. The Balaban J connectivity index is 1.45. The van der Waals surface area contributed by atoms with Gasteiger partial charge in [-0.3, -0.25) is 0 Å². The van der Waals surface area contributed by atoms with E-state index in [-0.39, 0.29) is 5.97 Å². The van der Waals surface area contributed by atoms with Crippen molar-refractivity contribution in [2.45, 2.75) is 32.4 Å². The fourth-order valence-electron chi connectivity index (χ4n) is 5.74. The summed E-state index contributed by atoms with van der Waals surface area (Å²) in [5.74, 6) is 1.30. The highest BCUT2D eigenvalue weighted by atomic mass is 16.5. The van der Waals surface area contributed by atoms with Crippen LogP contribution in [0.4, 0.5) is 5.95 Å². The Hall–Kier alpha value is -4.95. The molecule has 0 bridgehead atoms. The lowest BCUT2D eigenvalue weighted by Crippen LogP contribution is -2.12. The summed E-state index contributed by atoms with van der Waals surface area (Å²) < 4.78 is 14.9. The summed E-state index contributed by atoms with van der Waals surface area (Å²) in [6, 6.07) is 32.8.